The quantitative estimate of drug-likeness (QED) is 0.890. The Hall–Kier alpha value is -0.410. The maximum Gasteiger partial charge on any atom is 0.137 e. The molecule has 1 aromatic rings. The standard InChI is InChI=1S/C12H15BrFN/c13-12-9(5-2-6-10(12)14)11(15)7-8-3-1-4-8/h2,5-6,8,11H,1,3-4,7,15H2. The Morgan fingerprint density at radius 2 is 2.20 bits per heavy atom. The minimum Gasteiger partial charge on any atom is -0.324 e. The lowest BCUT2D eigenvalue weighted by molar-refractivity contribution is 0.277. The number of halogens is 2. The predicted octanol–water partition coefficient (Wildman–Crippen LogP) is 3.78. The average molecular weight is 272 g/mol. The molecule has 1 unspecified atom stereocenters. The van der Waals surface area contributed by atoms with E-state index in [-0.39, 0.29) is 11.9 Å². The maximum atomic E-state index is 13.3. The first-order valence-electron chi connectivity index (χ1n) is 5.38. The lowest BCUT2D eigenvalue weighted by atomic mass is 9.80. The van der Waals surface area contributed by atoms with Crippen molar-refractivity contribution in [1.29, 1.82) is 0 Å². The highest BCUT2D eigenvalue weighted by molar-refractivity contribution is 9.10. The van der Waals surface area contributed by atoms with Crippen LogP contribution in [0.3, 0.4) is 0 Å². The van der Waals surface area contributed by atoms with Crippen LogP contribution in [-0.4, -0.2) is 0 Å². The molecule has 15 heavy (non-hydrogen) atoms. The molecule has 1 saturated carbocycles. The van der Waals surface area contributed by atoms with E-state index in [1.807, 2.05) is 6.07 Å². The molecule has 0 radical (unpaired) electrons. The summed E-state index contributed by atoms with van der Waals surface area (Å²) in [6, 6.07) is 5.02. The van der Waals surface area contributed by atoms with Gasteiger partial charge in [0.2, 0.25) is 0 Å². The number of rotatable bonds is 3. The van der Waals surface area contributed by atoms with Crippen molar-refractivity contribution < 1.29 is 4.39 Å². The van der Waals surface area contributed by atoms with Crippen LogP contribution >= 0.6 is 15.9 Å². The average Bonchev–Trinajstić information content (AvgIpc) is 2.15. The van der Waals surface area contributed by atoms with Crippen LogP contribution in [0.15, 0.2) is 22.7 Å². The summed E-state index contributed by atoms with van der Waals surface area (Å²) in [5, 5.41) is 0. The monoisotopic (exact) mass is 271 g/mol. The highest BCUT2D eigenvalue weighted by Crippen LogP contribution is 2.35. The fourth-order valence-electron chi connectivity index (χ4n) is 2.02. The second-order valence-electron chi connectivity index (χ2n) is 4.28. The molecule has 1 aliphatic carbocycles. The third kappa shape index (κ3) is 2.40. The molecule has 0 aliphatic heterocycles. The predicted molar refractivity (Wildman–Crippen MR) is 63.0 cm³/mol. The fourth-order valence-corrected chi connectivity index (χ4v) is 2.58. The molecule has 0 bridgehead atoms. The zero-order chi connectivity index (χ0) is 10.8. The van der Waals surface area contributed by atoms with Gasteiger partial charge in [-0.15, -0.1) is 0 Å². The molecule has 2 N–H and O–H groups in total. The first-order valence-corrected chi connectivity index (χ1v) is 6.17. The van der Waals surface area contributed by atoms with E-state index in [9.17, 15) is 4.39 Å². The van der Waals surface area contributed by atoms with Crippen LogP contribution in [-0.2, 0) is 0 Å². The molecule has 1 nitrogen and oxygen atoms in total. The SMILES string of the molecule is NC(CC1CCC1)c1cccc(F)c1Br. The van der Waals surface area contributed by atoms with E-state index in [2.05, 4.69) is 15.9 Å². The Balaban J connectivity index is 2.09. The summed E-state index contributed by atoms with van der Waals surface area (Å²) in [6.07, 6.45) is 4.85. The van der Waals surface area contributed by atoms with E-state index in [0.717, 1.165) is 17.9 Å². The third-order valence-corrected chi connectivity index (χ3v) is 4.03. The molecule has 0 heterocycles. The molecule has 1 fully saturated rings. The van der Waals surface area contributed by atoms with E-state index >= 15 is 0 Å². The zero-order valence-corrected chi connectivity index (χ0v) is 10.1. The highest BCUT2D eigenvalue weighted by Gasteiger charge is 2.22. The van der Waals surface area contributed by atoms with Crippen LogP contribution in [0, 0.1) is 11.7 Å². The first kappa shape index (κ1) is 11.1. The number of hydrogen-bond acceptors (Lipinski definition) is 1. The van der Waals surface area contributed by atoms with Gasteiger partial charge in [-0.1, -0.05) is 31.4 Å². The molecule has 3 heteroatoms. The molecule has 1 aliphatic rings. The van der Waals surface area contributed by atoms with Crippen molar-refractivity contribution in [3.63, 3.8) is 0 Å². The van der Waals surface area contributed by atoms with Gasteiger partial charge in [0.1, 0.15) is 5.82 Å². The Morgan fingerprint density at radius 1 is 1.47 bits per heavy atom. The summed E-state index contributed by atoms with van der Waals surface area (Å²) >= 11 is 3.26. The Kier molecular flexibility index (Phi) is 3.42. The zero-order valence-electron chi connectivity index (χ0n) is 8.55. The van der Waals surface area contributed by atoms with Crippen LogP contribution in [0.4, 0.5) is 4.39 Å². The summed E-state index contributed by atoms with van der Waals surface area (Å²) in [4.78, 5) is 0. The Labute approximate surface area is 98.0 Å². The smallest absolute Gasteiger partial charge is 0.137 e. The summed E-state index contributed by atoms with van der Waals surface area (Å²) in [5.41, 5.74) is 6.97. The van der Waals surface area contributed by atoms with Crippen molar-refractivity contribution in [2.24, 2.45) is 11.7 Å². The minimum absolute atomic E-state index is 0.0413. The van der Waals surface area contributed by atoms with Crippen LogP contribution < -0.4 is 5.73 Å². The summed E-state index contributed by atoms with van der Waals surface area (Å²) in [7, 11) is 0. The molecule has 1 aromatic carbocycles. The van der Waals surface area contributed by atoms with Crippen LogP contribution in [0.5, 0.6) is 0 Å². The van der Waals surface area contributed by atoms with Crippen molar-refractivity contribution in [2.45, 2.75) is 31.7 Å². The molecule has 1 atom stereocenters. The summed E-state index contributed by atoms with van der Waals surface area (Å²) in [5.74, 6) is 0.520. The van der Waals surface area contributed by atoms with Gasteiger partial charge in [0.15, 0.2) is 0 Å². The second kappa shape index (κ2) is 4.62. The first-order chi connectivity index (χ1) is 7.18. The lowest BCUT2D eigenvalue weighted by Gasteiger charge is -2.28. The number of benzene rings is 1. The Morgan fingerprint density at radius 3 is 2.80 bits per heavy atom. The van der Waals surface area contributed by atoms with Gasteiger partial charge in [-0.2, -0.15) is 0 Å². The minimum atomic E-state index is -0.225. The molecule has 2 rings (SSSR count). The van der Waals surface area contributed by atoms with Crippen LogP contribution in [0.2, 0.25) is 0 Å². The van der Waals surface area contributed by atoms with Gasteiger partial charge < -0.3 is 5.73 Å². The van der Waals surface area contributed by atoms with Crippen molar-refractivity contribution in [1.82, 2.24) is 0 Å². The lowest BCUT2D eigenvalue weighted by Crippen LogP contribution is -2.20. The Bertz CT molecular complexity index is 349. The largest absolute Gasteiger partial charge is 0.324 e. The van der Waals surface area contributed by atoms with Gasteiger partial charge in [0, 0.05) is 6.04 Å². The molecule has 0 spiro atoms. The van der Waals surface area contributed by atoms with Gasteiger partial charge >= 0.3 is 0 Å². The van der Waals surface area contributed by atoms with Gasteiger partial charge in [0.05, 0.1) is 4.47 Å². The topological polar surface area (TPSA) is 26.0 Å². The van der Waals surface area contributed by atoms with Gasteiger partial charge in [-0.25, -0.2) is 4.39 Å². The molecule has 0 amide bonds. The van der Waals surface area contributed by atoms with Crippen LogP contribution in [0.1, 0.15) is 37.3 Å². The molecular formula is C12H15BrFN. The highest BCUT2D eigenvalue weighted by atomic mass is 79.9. The molecule has 0 saturated heterocycles. The van der Waals surface area contributed by atoms with E-state index in [1.54, 1.807) is 6.07 Å². The van der Waals surface area contributed by atoms with E-state index in [4.69, 9.17) is 5.73 Å². The third-order valence-electron chi connectivity index (χ3n) is 3.19. The van der Waals surface area contributed by atoms with Crippen molar-refractivity contribution >= 4 is 15.9 Å². The second-order valence-corrected chi connectivity index (χ2v) is 5.08. The van der Waals surface area contributed by atoms with E-state index in [1.165, 1.54) is 25.3 Å². The van der Waals surface area contributed by atoms with Gasteiger partial charge in [0.25, 0.3) is 0 Å². The molecule has 82 valence electrons. The fraction of sp³-hybridized carbons (Fsp3) is 0.500. The van der Waals surface area contributed by atoms with Gasteiger partial charge in [-0.05, 0) is 39.9 Å². The maximum absolute atomic E-state index is 13.3. The molecule has 0 aromatic heterocycles. The van der Waals surface area contributed by atoms with Crippen LogP contribution in [0.25, 0.3) is 0 Å². The van der Waals surface area contributed by atoms with E-state index in [0.29, 0.717) is 4.47 Å². The van der Waals surface area contributed by atoms with Crippen molar-refractivity contribution in [3.8, 4) is 0 Å². The summed E-state index contributed by atoms with van der Waals surface area (Å²) < 4.78 is 13.8. The normalized spacial score (nSPS) is 18.6. The molecular weight excluding hydrogens is 257 g/mol. The number of hydrogen-bond donors (Lipinski definition) is 1. The van der Waals surface area contributed by atoms with Crippen molar-refractivity contribution in [3.05, 3.63) is 34.1 Å². The van der Waals surface area contributed by atoms with E-state index < -0.39 is 0 Å². The van der Waals surface area contributed by atoms with Crippen molar-refractivity contribution in [2.75, 3.05) is 0 Å². The van der Waals surface area contributed by atoms with Gasteiger partial charge in [-0.3, -0.25) is 0 Å². The summed E-state index contributed by atoms with van der Waals surface area (Å²) in [6.45, 7) is 0. The number of nitrogens with two attached hydrogens (primary N) is 1.